The van der Waals surface area contributed by atoms with Crippen molar-refractivity contribution in [3.8, 4) is 0 Å². The van der Waals surface area contributed by atoms with Gasteiger partial charge in [-0.05, 0) is 37.5 Å². The molecule has 2 N–H and O–H groups in total. The Balaban J connectivity index is 1.73. The maximum absolute atomic E-state index is 12.9. The molecule has 3 rings (SSSR count). The quantitative estimate of drug-likeness (QED) is 0.744. The third-order valence-electron chi connectivity index (χ3n) is 5.65. The fraction of sp³-hybridized carbons (Fsp3) is 0.500. The minimum Gasteiger partial charge on any atom is -0.404 e. The molecular weight excluding hydrogens is 350 g/mol. The minimum absolute atomic E-state index is 0.244. The predicted molar refractivity (Wildman–Crippen MR) is 115 cm³/mol. The van der Waals surface area contributed by atoms with Crippen LogP contribution in [0.1, 0.15) is 51.0 Å². The molecule has 6 nitrogen and oxygen atoms in total. The van der Waals surface area contributed by atoms with E-state index in [4.69, 9.17) is 5.73 Å². The molecule has 0 saturated heterocycles. The molecule has 1 aromatic carbocycles. The van der Waals surface area contributed by atoms with Gasteiger partial charge in [-0.1, -0.05) is 25.3 Å². The van der Waals surface area contributed by atoms with Crippen LogP contribution >= 0.6 is 0 Å². The first-order valence-corrected chi connectivity index (χ1v) is 10.3. The van der Waals surface area contributed by atoms with Crippen LogP contribution in [0, 0.1) is 0 Å². The Labute approximate surface area is 167 Å². The van der Waals surface area contributed by atoms with E-state index in [0.717, 1.165) is 41.6 Å². The van der Waals surface area contributed by atoms with Gasteiger partial charge in [0.2, 0.25) is 5.91 Å². The zero-order valence-corrected chi connectivity index (χ0v) is 17.0. The van der Waals surface area contributed by atoms with Crippen molar-refractivity contribution in [2.24, 2.45) is 10.7 Å². The molecule has 28 heavy (non-hydrogen) atoms. The fourth-order valence-electron chi connectivity index (χ4n) is 4.16. The molecule has 0 bridgehead atoms. The van der Waals surface area contributed by atoms with E-state index < -0.39 is 0 Å². The molecular formula is C22H31N5O. The summed E-state index contributed by atoms with van der Waals surface area (Å²) in [7, 11) is 1.73. The number of rotatable bonds is 7. The molecule has 0 radical (unpaired) electrons. The number of hydrogen-bond acceptors (Lipinski definition) is 4. The summed E-state index contributed by atoms with van der Waals surface area (Å²) in [6, 6.07) is 6.46. The van der Waals surface area contributed by atoms with Gasteiger partial charge >= 0.3 is 0 Å². The number of aryl methyl sites for hydroxylation is 1. The molecule has 6 heteroatoms. The first-order valence-electron chi connectivity index (χ1n) is 10.3. The maximum atomic E-state index is 12.9. The van der Waals surface area contributed by atoms with Gasteiger partial charge in [-0.15, -0.1) is 0 Å². The lowest BCUT2D eigenvalue weighted by Crippen LogP contribution is -2.41. The van der Waals surface area contributed by atoms with Gasteiger partial charge in [0.25, 0.3) is 0 Å². The second kappa shape index (κ2) is 9.53. The molecule has 1 aliphatic rings. The summed E-state index contributed by atoms with van der Waals surface area (Å²) in [5.74, 6) is 0.244. The van der Waals surface area contributed by atoms with Gasteiger partial charge in [-0.2, -0.15) is 0 Å². The summed E-state index contributed by atoms with van der Waals surface area (Å²) in [6.07, 6.45) is 11.7. The number of aromatic nitrogens is 2. The number of nitrogens with zero attached hydrogens (tertiary/aromatic N) is 4. The van der Waals surface area contributed by atoms with E-state index in [1.807, 2.05) is 18.5 Å². The van der Waals surface area contributed by atoms with Gasteiger partial charge < -0.3 is 15.2 Å². The average molecular weight is 382 g/mol. The summed E-state index contributed by atoms with van der Waals surface area (Å²) in [4.78, 5) is 23.5. The zero-order chi connectivity index (χ0) is 19.9. The SMILES string of the molecule is CCN(C(=O)CCn1cnc2ccc(C(C=NC)=CN)cc21)C1CCCCC1. The Bertz CT molecular complexity index is 861. The van der Waals surface area contributed by atoms with Crippen LogP contribution in [-0.2, 0) is 11.3 Å². The topological polar surface area (TPSA) is 76.5 Å². The molecule has 0 spiro atoms. The number of carbonyl (C=O) groups excluding carboxylic acids is 1. The van der Waals surface area contributed by atoms with Crippen LogP contribution < -0.4 is 5.73 Å². The van der Waals surface area contributed by atoms with Crippen molar-refractivity contribution >= 4 is 28.7 Å². The van der Waals surface area contributed by atoms with Crippen LogP contribution in [0.2, 0.25) is 0 Å². The molecule has 1 fully saturated rings. The largest absolute Gasteiger partial charge is 0.404 e. The van der Waals surface area contributed by atoms with Crippen LogP contribution in [0.3, 0.4) is 0 Å². The van der Waals surface area contributed by atoms with Gasteiger partial charge in [0.1, 0.15) is 0 Å². The molecule has 1 heterocycles. The third-order valence-corrected chi connectivity index (χ3v) is 5.65. The van der Waals surface area contributed by atoms with E-state index in [0.29, 0.717) is 19.0 Å². The highest BCUT2D eigenvalue weighted by molar-refractivity contribution is 6.10. The van der Waals surface area contributed by atoms with E-state index >= 15 is 0 Å². The number of carbonyl (C=O) groups is 1. The van der Waals surface area contributed by atoms with Crippen molar-refractivity contribution in [3.63, 3.8) is 0 Å². The lowest BCUT2D eigenvalue weighted by Gasteiger charge is -2.33. The monoisotopic (exact) mass is 381 g/mol. The van der Waals surface area contributed by atoms with Crippen molar-refractivity contribution in [1.29, 1.82) is 0 Å². The smallest absolute Gasteiger partial charge is 0.224 e. The highest BCUT2D eigenvalue weighted by Crippen LogP contribution is 2.24. The predicted octanol–water partition coefficient (Wildman–Crippen LogP) is 3.61. The first-order chi connectivity index (χ1) is 13.7. The molecule has 1 aromatic heterocycles. The Morgan fingerprint density at radius 2 is 2.14 bits per heavy atom. The summed E-state index contributed by atoms with van der Waals surface area (Å²) in [5, 5.41) is 0. The summed E-state index contributed by atoms with van der Waals surface area (Å²) < 4.78 is 2.06. The molecule has 1 aliphatic carbocycles. The summed E-state index contributed by atoms with van der Waals surface area (Å²) >= 11 is 0. The molecule has 1 saturated carbocycles. The van der Waals surface area contributed by atoms with Gasteiger partial charge in [-0.3, -0.25) is 9.79 Å². The van der Waals surface area contributed by atoms with Crippen molar-refractivity contribution in [1.82, 2.24) is 14.5 Å². The van der Waals surface area contributed by atoms with E-state index in [2.05, 4.69) is 32.4 Å². The molecule has 0 unspecified atom stereocenters. The van der Waals surface area contributed by atoms with Crippen molar-refractivity contribution in [3.05, 3.63) is 36.3 Å². The lowest BCUT2D eigenvalue weighted by molar-refractivity contribution is -0.134. The number of nitrogens with two attached hydrogens (primary N) is 1. The van der Waals surface area contributed by atoms with Gasteiger partial charge in [-0.25, -0.2) is 4.98 Å². The zero-order valence-electron chi connectivity index (χ0n) is 17.0. The number of fused-ring (bicyclic) bond motifs is 1. The minimum atomic E-state index is 0.244. The van der Waals surface area contributed by atoms with Crippen LogP contribution in [0.5, 0.6) is 0 Å². The normalized spacial score (nSPS) is 16.1. The van der Waals surface area contributed by atoms with Gasteiger partial charge in [0.05, 0.1) is 17.4 Å². The van der Waals surface area contributed by atoms with Gasteiger partial charge in [0, 0.05) is 50.6 Å². The number of aliphatic imine (C=N–C) groups is 1. The lowest BCUT2D eigenvalue weighted by atomic mass is 9.94. The van der Waals surface area contributed by atoms with Crippen molar-refractivity contribution < 1.29 is 4.79 Å². The van der Waals surface area contributed by atoms with Crippen molar-refractivity contribution in [2.75, 3.05) is 13.6 Å². The van der Waals surface area contributed by atoms with E-state index in [-0.39, 0.29) is 5.91 Å². The Morgan fingerprint density at radius 3 is 2.82 bits per heavy atom. The standard InChI is InChI=1S/C22H31N5O/c1-3-27(19-7-5-4-6-8-19)22(28)11-12-26-16-25-20-10-9-17(13-21(20)26)18(14-23)15-24-2/h9-10,13-16,19H,3-8,11-12,23H2,1-2H3. The van der Waals surface area contributed by atoms with Crippen LogP contribution in [0.25, 0.3) is 16.6 Å². The number of imidazole rings is 1. The van der Waals surface area contributed by atoms with E-state index in [1.165, 1.54) is 19.3 Å². The number of benzene rings is 1. The molecule has 150 valence electrons. The number of amides is 1. The third kappa shape index (κ3) is 4.43. The number of hydrogen-bond donors (Lipinski definition) is 1. The Hall–Kier alpha value is -2.63. The van der Waals surface area contributed by atoms with Gasteiger partial charge in [0.15, 0.2) is 0 Å². The second-order valence-corrected chi connectivity index (χ2v) is 7.37. The van der Waals surface area contributed by atoms with Crippen molar-refractivity contribution in [2.45, 2.75) is 58.0 Å². The second-order valence-electron chi connectivity index (χ2n) is 7.37. The highest BCUT2D eigenvalue weighted by atomic mass is 16.2. The number of allylic oxidation sites excluding steroid dienone is 1. The molecule has 2 aromatic rings. The molecule has 0 atom stereocenters. The molecule has 0 aliphatic heterocycles. The Kier molecular flexibility index (Phi) is 6.85. The van der Waals surface area contributed by atoms with Crippen LogP contribution in [0.4, 0.5) is 0 Å². The van der Waals surface area contributed by atoms with Crippen LogP contribution in [0.15, 0.2) is 35.7 Å². The van der Waals surface area contributed by atoms with E-state index in [9.17, 15) is 4.79 Å². The summed E-state index contributed by atoms with van der Waals surface area (Å²) in [6.45, 7) is 3.51. The average Bonchev–Trinajstić information content (AvgIpc) is 3.14. The first kappa shape index (κ1) is 20.1. The summed E-state index contributed by atoms with van der Waals surface area (Å²) in [5.41, 5.74) is 9.52. The van der Waals surface area contributed by atoms with Crippen LogP contribution in [-0.4, -0.2) is 46.2 Å². The maximum Gasteiger partial charge on any atom is 0.224 e. The van der Waals surface area contributed by atoms with E-state index in [1.54, 1.807) is 19.5 Å². The fourth-order valence-corrected chi connectivity index (χ4v) is 4.16. The highest BCUT2D eigenvalue weighted by Gasteiger charge is 2.23. The molecule has 1 amide bonds. The Morgan fingerprint density at radius 1 is 1.36 bits per heavy atom.